The van der Waals surface area contributed by atoms with Gasteiger partial charge in [0.2, 0.25) is 0 Å². The maximum atomic E-state index is 13.1. The molecule has 2 aromatic rings. The van der Waals surface area contributed by atoms with Crippen molar-refractivity contribution in [2.75, 3.05) is 5.32 Å². The van der Waals surface area contributed by atoms with Crippen LogP contribution in [0.15, 0.2) is 18.2 Å². The second kappa shape index (κ2) is 4.86. The zero-order valence-electron chi connectivity index (χ0n) is 10.4. The first-order valence-electron chi connectivity index (χ1n) is 5.49. The van der Waals surface area contributed by atoms with E-state index in [0.29, 0.717) is 16.3 Å². The summed E-state index contributed by atoms with van der Waals surface area (Å²) in [6.07, 6.45) is 0. The van der Waals surface area contributed by atoms with E-state index in [-0.39, 0.29) is 11.7 Å². The molecule has 1 N–H and O–H groups in total. The Hall–Kier alpha value is -1.75. The number of amides is 1. The van der Waals surface area contributed by atoms with Gasteiger partial charge in [-0.25, -0.2) is 9.37 Å². The number of aryl methyl sites for hydroxylation is 3. The molecule has 0 saturated heterocycles. The fraction of sp³-hybridized carbons (Fsp3) is 0.231. The van der Waals surface area contributed by atoms with Crippen LogP contribution in [-0.4, -0.2) is 10.9 Å². The lowest BCUT2D eigenvalue weighted by atomic mass is 10.1. The van der Waals surface area contributed by atoms with Gasteiger partial charge in [-0.05, 0) is 44.5 Å². The molecule has 1 aromatic heterocycles. The minimum Gasteiger partial charge on any atom is -0.298 e. The summed E-state index contributed by atoms with van der Waals surface area (Å²) in [5, 5.41) is 3.28. The van der Waals surface area contributed by atoms with Crippen molar-refractivity contribution in [1.82, 2.24) is 4.98 Å². The molecule has 1 heterocycles. The lowest BCUT2D eigenvalue weighted by Gasteiger charge is -2.03. The number of benzene rings is 1. The van der Waals surface area contributed by atoms with Crippen LogP contribution in [-0.2, 0) is 0 Å². The monoisotopic (exact) mass is 264 g/mol. The molecule has 0 aliphatic heterocycles. The molecule has 2 rings (SSSR count). The Kier molecular flexibility index (Phi) is 3.43. The van der Waals surface area contributed by atoms with Gasteiger partial charge in [0.25, 0.3) is 5.91 Å². The molecule has 94 valence electrons. The first-order chi connectivity index (χ1) is 8.47. The summed E-state index contributed by atoms with van der Waals surface area (Å²) < 4.78 is 13.1. The normalized spacial score (nSPS) is 10.4. The van der Waals surface area contributed by atoms with Crippen molar-refractivity contribution in [3.05, 3.63) is 45.7 Å². The third-order valence-electron chi connectivity index (χ3n) is 2.67. The molecule has 1 amide bonds. The zero-order chi connectivity index (χ0) is 13.3. The van der Waals surface area contributed by atoms with E-state index in [1.54, 1.807) is 6.92 Å². The first-order valence-corrected chi connectivity index (χ1v) is 6.30. The Bertz CT molecular complexity index is 588. The van der Waals surface area contributed by atoms with Crippen LogP contribution in [0, 0.1) is 26.6 Å². The van der Waals surface area contributed by atoms with Crippen molar-refractivity contribution in [2.24, 2.45) is 0 Å². The van der Waals surface area contributed by atoms with Crippen molar-refractivity contribution >= 4 is 22.4 Å². The van der Waals surface area contributed by atoms with Gasteiger partial charge in [0.15, 0.2) is 5.13 Å². The number of anilines is 1. The zero-order valence-corrected chi connectivity index (χ0v) is 11.2. The summed E-state index contributed by atoms with van der Waals surface area (Å²) in [4.78, 5) is 17.2. The number of thiazole rings is 1. The summed E-state index contributed by atoms with van der Waals surface area (Å²) >= 11 is 1.43. The van der Waals surface area contributed by atoms with Crippen LogP contribution in [0.4, 0.5) is 9.52 Å². The Balaban J connectivity index is 2.19. The van der Waals surface area contributed by atoms with Crippen LogP contribution in [0.3, 0.4) is 0 Å². The Morgan fingerprint density at radius 1 is 1.33 bits per heavy atom. The van der Waals surface area contributed by atoms with E-state index < -0.39 is 0 Å². The van der Waals surface area contributed by atoms with Gasteiger partial charge in [0.1, 0.15) is 5.82 Å². The van der Waals surface area contributed by atoms with Gasteiger partial charge < -0.3 is 0 Å². The molecule has 0 atom stereocenters. The van der Waals surface area contributed by atoms with Gasteiger partial charge in [-0.2, -0.15) is 0 Å². The van der Waals surface area contributed by atoms with E-state index in [1.165, 1.54) is 29.5 Å². The molecule has 0 spiro atoms. The second-order valence-corrected chi connectivity index (χ2v) is 5.28. The largest absolute Gasteiger partial charge is 0.298 e. The fourth-order valence-electron chi connectivity index (χ4n) is 1.48. The van der Waals surface area contributed by atoms with Crippen molar-refractivity contribution in [2.45, 2.75) is 20.8 Å². The average molecular weight is 264 g/mol. The third-order valence-corrected chi connectivity index (χ3v) is 3.66. The summed E-state index contributed by atoms with van der Waals surface area (Å²) in [5.41, 5.74) is 1.79. The molecule has 0 aliphatic carbocycles. The third kappa shape index (κ3) is 2.56. The Morgan fingerprint density at radius 3 is 2.61 bits per heavy atom. The standard InChI is InChI=1S/C13H13FN2OS/c1-7-6-10(4-5-11(7)14)12(17)16-13-15-8(2)9(3)18-13/h4-6H,1-3H3,(H,15,16,17). The van der Waals surface area contributed by atoms with Gasteiger partial charge in [0, 0.05) is 10.4 Å². The van der Waals surface area contributed by atoms with Gasteiger partial charge in [-0.15, -0.1) is 11.3 Å². The van der Waals surface area contributed by atoms with Crippen LogP contribution in [0.1, 0.15) is 26.5 Å². The molecule has 0 radical (unpaired) electrons. The van der Waals surface area contributed by atoms with Crippen LogP contribution in [0.5, 0.6) is 0 Å². The van der Waals surface area contributed by atoms with Crippen molar-refractivity contribution in [3.8, 4) is 0 Å². The van der Waals surface area contributed by atoms with Crippen molar-refractivity contribution < 1.29 is 9.18 Å². The SMILES string of the molecule is Cc1cc(C(=O)Nc2nc(C)c(C)s2)ccc1F. The molecular formula is C13H13FN2OS. The van der Waals surface area contributed by atoms with Gasteiger partial charge in [0.05, 0.1) is 5.69 Å². The quantitative estimate of drug-likeness (QED) is 0.902. The number of carbonyl (C=O) groups is 1. The topological polar surface area (TPSA) is 42.0 Å². The molecule has 0 saturated carbocycles. The highest BCUT2D eigenvalue weighted by molar-refractivity contribution is 7.15. The maximum Gasteiger partial charge on any atom is 0.257 e. The Labute approximate surface area is 109 Å². The molecule has 0 bridgehead atoms. The van der Waals surface area contributed by atoms with E-state index in [2.05, 4.69) is 10.3 Å². The highest BCUT2D eigenvalue weighted by atomic mass is 32.1. The average Bonchev–Trinajstić information content (AvgIpc) is 2.61. The molecule has 0 fully saturated rings. The van der Waals surface area contributed by atoms with E-state index in [4.69, 9.17) is 0 Å². The van der Waals surface area contributed by atoms with Crippen molar-refractivity contribution in [1.29, 1.82) is 0 Å². The lowest BCUT2D eigenvalue weighted by Crippen LogP contribution is -2.12. The van der Waals surface area contributed by atoms with Gasteiger partial charge in [-0.3, -0.25) is 10.1 Å². The van der Waals surface area contributed by atoms with Crippen LogP contribution in [0.2, 0.25) is 0 Å². The summed E-state index contributed by atoms with van der Waals surface area (Å²) in [7, 11) is 0. The predicted octanol–water partition coefficient (Wildman–Crippen LogP) is 3.46. The minimum atomic E-state index is -0.313. The summed E-state index contributed by atoms with van der Waals surface area (Å²) in [6.45, 7) is 5.47. The number of aromatic nitrogens is 1. The number of halogens is 1. The number of rotatable bonds is 2. The van der Waals surface area contributed by atoms with Gasteiger partial charge >= 0.3 is 0 Å². The summed E-state index contributed by atoms with van der Waals surface area (Å²) in [5.74, 6) is -0.584. The van der Waals surface area contributed by atoms with E-state index in [9.17, 15) is 9.18 Å². The number of nitrogens with zero attached hydrogens (tertiary/aromatic N) is 1. The van der Waals surface area contributed by atoms with E-state index in [1.807, 2.05) is 13.8 Å². The maximum absolute atomic E-state index is 13.1. The smallest absolute Gasteiger partial charge is 0.257 e. The molecular weight excluding hydrogens is 251 g/mol. The highest BCUT2D eigenvalue weighted by Gasteiger charge is 2.11. The summed E-state index contributed by atoms with van der Waals surface area (Å²) in [6, 6.07) is 4.28. The first kappa shape index (κ1) is 12.7. The number of hydrogen-bond acceptors (Lipinski definition) is 3. The molecule has 5 heteroatoms. The second-order valence-electron chi connectivity index (χ2n) is 4.08. The molecule has 3 nitrogen and oxygen atoms in total. The predicted molar refractivity (Wildman–Crippen MR) is 70.7 cm³/mol. The lowest BCUT2D eigenvalue weighted by molar-refractivity contribution is 0.102. The van der Waals surface area contributed by atoms with Gasteiger partial charge in [-0.1, -0.05) is 0 Å². The molecule has 18 heavy (non-hydrogen) atoms. The van der Waals surface area contributed by atoms with E-state index in [0.717, 1.165) is 10.6 Å². The van der Waals surface area contributed by atoms with E-state index >= 15 is 0 Å². The molecule has 1 aromatic carbocycles. The number of hydrogen-bond donors (Lipinski definition) is 1. The fourth-order valence-corrected chi connectivity index (χ4v) is 2.29. The van der Waals surface area contributed by atoms with Crippen LogP contribution in [0.25, 0.3) is 0 Å². The molecule has 0 unspecified atom stereocenters. The highest BCUT2D eigenvalue weighted by Crippen LogP contribution is 2.21. The number of nitrogens with one attached hydrogen (secondary N) is 1. The van der Waals surface area contributed by atoms with Crippen LogP contribution >= 0.6 is 11.3 Å². The Morgan fingerprint density at radius 2 is 2.06 bits per heavy atom. The minimum absolute atomic E-state index is 0.271. The molecule has 0 aliphatic rings. The van der Waals surface area contributed by atoms with Crippen LogP contribution < -0.4 is 5.32 Å². The number of carbonyl (C=O) groups excluding carboxylic acids is 1. The van der Waals surface area contributed by atoms with Crippen molar-refractivity contribution in [3.63, 3.8) is 0 Å².